The zero-order valence-electron chi connectivity index (χ0n) is 14.4. The predicted molar refractivity (Wildman–Crippen MR) is 101 cm³/mol. The highest BCUT2D eigenvalue weighted by molar-refractivity contribution is 7.18. The van der Waals surface area contributed by atoms with Gasteiger partial charge in [-0.1, -0.05) is 6.42 Å². The van der Waals surface area contributed by atoms with Crippen LogP contribution in [0.3, 0.4) is 0 Å². The van der Waals surface area contributed by atoms with Crippen molar-refractivity contribution in [1.29, 1.82) is 5.26 Å². The number of rotatable bonds is 7. The number of nitrogens with zero attached hydrogens (tertiary/aromatic N) is 4. The van der Waals surface area contributed by atoms with Crippen molar-refractivity contribution < 1.29 is 0 Å². The summed E-state index contributed by atoms with van der Waals surface area (Å²) < 4.78 is 0. The molecule has 0 spiro atoms. The van der Waals surface area contributed by atoms with Gasteiger partial charge in [-0.15, -0.1) is 11.3 Å². The second kappa shape index (κ2) is 7.49. The fourth-order valence-corrected chi connectivity index (χ4v) is 3.82. The van der Waals surface area contributed by atoms with Gasteiger partial charge in [-0.2, -0.15) is 10.4 Å². The molecule has 8 heteroatoms. The van der Waals surface area contributed by atoms with Gasteiger partial charge < -0.3 is 11.1 Å². The molecule has 3 rings (SSSR count). The first-order valence-corrected chi connectivity index (χ1v) is 9.10. The summed E-state index contributed by atoms with van der Waals surface area (Å²) in [4.78, 5) is 11.1. The Morgan fingerprint density at radius 3 is 2.92 bits per heavy atom. The first kappa shape index (κ1) is 17.2. The molecule has 4 N–H and O–H groups in total. The number of unbranched alkanes of at least 4 members (excludes halogenated alkanes) is 2. The minimum absolute atomic E-state index is 0.286. The van der Waals surface area contributed by atoms with E-state index in [0.29, 0.717) is 5.56 Å². The summed E-state index contributed by atoms with van der Waals surface area (Å²) in [5.41, 5.74) is 8.20. The summed E-state index contributed by atoms with van der Waals surface area (Å²) >= 11 is 1.71. The molecule has 0 bridgehead atoms. The number of nitrogens with two attached hydrogens (primary N) is 1. The van der Waals surface area contributed by atoms with E-state index < -0.39 is 0 Å². The Hall–Kier alpha value is -2.66. The number of anilines is 2. The van der Waals surface area contributed by atoms with Crippen molar-refractivity contribution in [2.75, 3.05) is 17.6 Å². The van der Waals surface area contributed by atoms with Crippen LogP contribution in [-0.2, 0) is 6.42 Å². The van der Waals surface area contributed by atoms with Crippen LogP contribution in [0.1, 0.15) is 41.0 Å². The lowest BCUT2D eigenvalue weighted by atomic mass is 10.1. The molecule has 7 nitrogen and oxygen atoms in total. The third-order valence-electron chi connectivity index (χ3n) is 4.34. The van der Waals surface area contributed by atoms with E-state index in [0.717, 1.165) is 54.0 Å². The van der Waals surface area contributed by atoms with Gasteiger partial charge >= 0.3 is 0 Å². The SMILES string of the molecule is Cc1sc2ncnc(NCCCCCc3[nH]nc(N)c3C#N)c2c1C. The van der Waals surface area contributed by atoms with Gasteiger partial charge in [0, 0.05) is 11.4 Å². The maximum atomic E-state index is 9.05. The molecule has 0 unspecified atom stereocenters. The lowest BCUT2D eigenvalue weighted by molar-refractivity contribution is 0.687. The van der Waals surface area contributed by atoms with Crippen molar-refractivity contribution in [3.8, 4) is 6.07 Å². The van der Waals surface area contributed by atoms with Crippen LogP contribution >= 0.6 is 11.3 Å². The number of aromatic nitrogens is 4. The molecule has 25 heavy (non-hydrogen) atoms. The maximum absolute atomic E-state index is 9.05. The Morgan fingerprint density at radius 2 is 2.12 bits per heavy atom. The zero-order valence-corrected chi connectivity index (χ0v) is 15.2. The standard InChI is InChI=1S/C17H21N7S/c1-10-11(2)25-17-14(10)16(21-9-22-17)20-7-5-3-4-6-13-12(8-18)15(19)24-23-13/h9H,3-7H2,1-2H3,(H3,19,23,24)(H,20,21,22). The minimum atomic E-state index is 0.286. The Kier molecular flexibility index (Phi) is 5.14. The predicted octanol–water partition coefficient (Wildman–Crippen LogP) is 3.31. The van der Waals surface area contributed by atoms with E-state index in [9.17, 15) is 0 Å². The van der Waals surface area contributed by atoms with E-state index in [1.54, 1.807) is 17.7 Å². The monoisotopic (exact) mass is 355 g/mol. The van der Waals surface area contributed by atoms with Gasteiger partial charge in [-0.25, -0.2) is 9.97 Å². The molecular weight excluding hydrogens is 334 g/mol. The quantitative estimate of drug-likeness (QED) is 0.560. The number of hydrogen-bond acceptors (Lipinski definition) is 7. The molecule has 0 saturated carbocycles. The number of H-pyrrole nitrogens is 1. The number of hydrogen-bond donors (Lipinski definition) is 3. The van der Waals surface area contributed by atoms with Gasteiger partial charge in [-0.3, -0.25) is 5.10 Å². The number of aromatic amines is 1. The van der Waals surface area contributed by atoms with Crippen molar-refractivity contribution in [2.45, 2.75) is 39.5 Å². The first-order chi connectivity index (χ1) is 12.1. The van der Waals surface area contributed by atoms with Crippen molar-refractivity contribution in [2.24, 2.45) is 0 Å². The third-order valence-corrected chi connectivity index (χ3v) is 5.46. The zero-order chi connectivity index (χ0) is 17.8. The highest BCUT2D eigenvalue weighted by atomic mass is 32.1. The highest BCUT2D eigenvalue weighted by Gasteiger charge is 2.12. The fraction of sp³-hybridized carbons (Fsp3) is 0.412. The maximum Gasteiger partial charge on any atom is 0.163 e. The smallest absolute Gasteiger partial charge is 0.163 e. The van der Waals surface area contributed by atoms with Crippen molar-refractivity contribution >= 4 is 33.2 Å². The van der Waals surface area contributed by atoms with Crippen molar-refractivity contribution in [1.82, 2.24) is 20.2 Å². The molecule has 0 aliphatic carbocycles. The van der Waals surface area contributed by atoms with E-state index in [2.05, 4.69) is 45.4 Å². The van der Waals surface area contributed by atoms with Gasteiger partial charge in [0.05, 0.1) is 11.1 Å². The summed E-state index contributed by atoms with van der Waals surface area (Å²) in [5.74, 6) is 1.20. The molecule has 130 valence electrons. The minimum Gasteiger partial charge on any atom is -0.381 e. The van der Waals surface area contributed by atoms with E-state index in [4.69, 9.17) is 11.0 Å². The average Bonchev–Trinajstić information content (AvgIpc) is 3.11. The molecule has 0 fully saturated rings. The molecule has 0 amide bonds. The van der Waals surface area contributed by atoms with Crippen LogP contribution in [0.25, 0.3) is 10.2 Å². The molecule has 0 radical (unpaired) electrons. The Bertz CT molecular complexity index is 919. The molecule has 0 saturated heterocycles. The largest absolute Gasteiger partial charge is 0.381 e. The average molecular weight is 355 g/mol. The number of nitriles is 1. The highest BCUT2D eigenvalue weighted by Crippen LogP contribution is 2.32. The normalized spacial score (nSPS) is 10.9. The van der Waals surface area contributed by atoms with Gasteiger partial charge in [0.15, 0.2) is 5.82 Å². The molecular formula is C17H21N7S. The van der Waals surface area contributed by atoms with Crippen LogP contribution in [0.15, 0.2) is 6.33 Å². The van der Waals surface area contributed by atoms with Crippen molar-refractivity contribution in [3.63, 3.8) is 0 Å². The molecule has 0 aliphatic rings. The second-order valence-electron chi connectivity index (χ2n) is 6.00. The van der Waals surface area contributed by atoms with Crippen LogP contribution in [0, 0.1) is 25.2 Å². The van der Waals surface area contributed by atoms with Crippen molar-refractivity contribution in [3.05, 3.63) is 28.0 Å². The fourth-order valence-electron chi connectivity index (χ4n) is 2.83. The number of nitrogens with one attached hydrogen (secondary N) is 2. The number of nitrogen functional groups attached to an aromatic ring is 1. The molecule has 3 aromatic heterocycles. The van der Waals surface area contributed by atoms with Crippen LogP contribution in [0.2, 0.25) is 0 Å². The van der Waals surface area contributed by atoms with E-state index in [1.807, 2.05) is 0 Å². The summed E-state index contributed by atoms with van der Waals surface area (Å²) in [5, 5.41) is 20.3. The Morgan fingerprint density at radius 1 is 1.28 bits per heavy atom. The van der Waals surface area contributed by atoms with Gasteiger partial charge in [-0.05, 0) is 38.7 Å². The van der Waals surface area contributed by atoms with E-state index in [1.165, 1.54) is 10.4 Å². The second-order valence-corrected chi connectivity index (χ2v) is 7.20. The molecule has 0 aromatic carbocycles. The van der Waals surface area contributed by atoms with Crippen LogP contribution < -0.4 is 11.1 Å². The molecule has 0 aliphatic heterocycles. The lowest BCUT2D eigenvalue weighted by Crippen LogP contribution is -2.04. The number of aryl methyl sites for hydroxylation is 3. The van der Waals surface area contributed by atoms with E-state index in [-0.39, 0.29) is 5.82 Å². The molecule has 0 atom stereocenters. The van der Waals surface area contributed by atoms with Crippen LogP contribution in [0.4, 0.5) is 11.6 Å². The summed E-state index contributed by atoms with van der Waals surface area (Å²) in [6.07, 6.45) is 5.46. The Labute approximate surface area is 150 Å². The Balaban J connectivity index is 1.49. The summed E-state index contributed by atoms with van der Waals surface area (Å²) in [7, 11) is 0. The van der Waals surface area contributed by atoms with E-state index >= 15 is 0 Å². The molecule has 3 aromatic rings. The van der Waals surface area contributed by atoms with Crippen LogP contribution in [0.5, 0.6) is 0 Å². The first-order valence-electron chi connectivity index (χ1n) is 8.29. The number of thiophene rings is 1. The van der Waals surface area contributed by atoms with Gasteiger partial charge in [0.2, 0.25) is 0 Å². The van der Waals surface area contributed by atoms with Gasteiger partial charge in [0.25, 0.3) is 0 Å². The lowest BCUT2D eigenvalue weighted by Gasteiger charge is -2.07. The topological polar surface area (TPSA) is 116 Å². The molecule has 3 heterocycles. The van der Waals surface area contributed by atoms with Gasteiger partial charge in [0.1, 0.15) is 28.6 Å². The summed E-state index contributed by atoms with van der Waals surface area (Å²) in [6, 6.07) is 2.10. The number of fused-ring (bicyclic) bond motifs is 1. The van der Waals surface area contributed by atoms with Crippen LogP contribution in [-0.4, -0.2) is 26.7 Å². The summed E-state index contributed by atoms with van der Waals surface area (Å²) in [6.45, 7) is 5.09. The third kappa shape index (κ3) is 3.56.